The van der Waals surface area contributed by atoms with Gasteiger partial charge in [-0.15, -0.1) is 0 Å². The second-order valence-corrected chi connectivity index (χ2v) is 9.54. The summed E-state index contributed by atoms with van der Waals surface area (Å²) in [7, 11) is -0.532. The smallest absolute Gasteiger partial charge is 0.243 e. The fraction of sp³-hybridized carbons (Fsp3) is 0.611. The molecule has 150 valence electrons. The largest absolute Gasteiger partial charge is 0.495 e. The van der Waals surface area contributed by atoms with Crippen molar-refractivity contribution < 1.29 is 22.7 Å². The lowest BCUT2D eigenvalue weighted by molar-refractivity contribution is -0.121. The fourth-order valence-corrected chi connectivity index (χ4v) is 6.10. The lowest BCUT2D eigenvalue weighted by atomic mass is 9.77. The lowest BCUT2D eigenvalue weighted by Gasteiger charge is -2.37. The van der Waals surface area contributed by atoms with Crippen molar-refractivity contribution in [2.24, 2.45) is 11.8 Å². The Bertz CT molecular complexity index is 816. The Balaban J connectivity index is 1.78. The summed E-state index contributed by atoms with van der Waals surface area (Å²) >= 11 is 6.10. The van der Waals surface area contributed by atoms with Gasteiger partial charge in [0.25, 0.3) is 0 Å². The van der Waals surface area contributed by atoms with Crippen molar-refractivity contribution >= 4 is 27.5 Å². The van der Waals surface area contributed by atoms with Gasteiger partial charge in [-0.3, -0.25) is 4.79 Å². The summed E-state index contributed by atoms with van der Waals surface area (Å²) in [4.78, 5) is 11.6. The van der Waals surface area contributed by atoms with Gasteiger partial charge in [-0.25, -0.2) is 8.42 Å². The summed E-state index contributed by atoms with van der Waals surface area (Å²) in [6, 6.07) is 4.41. The van der Waals surface area contributed by atoms with Crippen LogP contribution in [-0.2, 0) is 19.6 Å². The summed E-state index contributed by atoms with van der Waals surface area (Å²) in [6.45, 7) is 2.37. The third-order valence-electron chi connectivity index (χ3n) is 5.54. The van der Waals surface area contributed by atoms with E-state index in [1.165, 1.54) is 30.5 Å². The molecule has 0 aromatic heterocycles. The van der Waals surface area contributed by atoms with E-state index >= 15 is 0 Å². The number of nitrogens with zero attached hydrogens (tertiary/aromatic N) is 1. The second kappa shape index (κ2) is 7.95. The van der Waals surface area contributed by atoms with Crippen molar-refractivity contribution in [3.05, 3.63) is 23.2 Å². The third kappa shape index (κ3) is 4.08. The van der Waals surface area contributed by atoms with Crippen molar-refractivity contribution in [3.8, 4) is 5.75 Å². The Hall–Kier alpha value is -1.35. The molecule has 0 bridgehead atoms. The minimum atomic E-state index is -3.64. The molecule has 1 aliphatic carbocycles. The number of sulfonamides is 1. The second-order valence-electron chi connectivity index (χ2n) is 7.19. The van der Waals surface area contributed by atoms with E-state index in [-0.39, 0.29) is 39.8 Å². The number of amides is 1. The first-order chi connectivity index (χ1) is 12.8. The first kappa shape index (κ1) is 20.4. The molecule has 3 rings (SSSR count). The van der Waals surface area contributed by atoms with Gasteiger partial charge in [0.2, 0.25) is 15.9 Å². The molecular weight excluding hydrogens is 392 g/mol. The first-order valence-corrected chi connectivity index (χ1v) is 10.7. The fourth-order valence-electron chi connectivity index (χ4n) is 4.20. The first-order valence-electron chi connectivity index (χ1n) is 8.89. The Morgan fingerprint density at radius 1 is 1.22 bits per heavy atom. The molecule has 1 amide bonds. The van der Waals surface area contributed by atoms with E-state index in [0.29, 0.717) is 25.3 Å². The Morgan fingerprint density at radius 2 is 1.89 bits per heavy atom. The van der Waals surface area contributed by atoms with Gasteiger partial charge in [0.05, 0.1) is 29.2 Å². The van der Waals surface area contributed by atoms with Crippen LogP contribution in [0.1, 0.15) is 19.8 Å². The highest BCUT2D eigenvalue weighted by atomic mass is 35.5. The number of nitrogens with one attached hydrogen (secondary N) is 1. The number of fused-ring (bicyclic) bond motifs is 1. The van der Waals surface area contributed by atoms with Crippen LogP contribution < -0.4 is 10.1 Å². The molecule has 4 atom stereocenters. The van der Waals surface area contributed by atoms with Crippen molar-refractivity contribution in [2.75, 3.05) is 27.3 Å². The molecule has 1 aliphatic heterocycles. The minimum Gasteiger partial charge on any atom is -0.495 e. The average molecular weight is 417 g/mol. The van der Waals surface area contributed by atoms with Crippen LogP contribution in [-0.4, -0.2) is 58.1 Å². The summed E-state index contributed by atoms with van der Waals surface area (Å²) in [5.74, 6) is 0.739. The Kier molecular flexibility index (Phi) is 6.00. The van der Waals surface area contributed by atoms with Crippen molar-refractivity contribution in [2.45, 2.75) is 36.8 Å². The number of halogens is 1. The van der Waals surface area contributed by atoms with Gasteiger partial charge in [0, 0.05) is 27.1 Å². The molecule has 2 aliphatic rings. The van der Waals surface area contributed by atoms with Crippen molar-refractivity contribution in [1.29, 1.82) is 0 Å². The number of rotatable bonds is 5. The van der Waals surface area contributed by atoms with Gasteiger partial charge in [-0.05, 0) is 42.9 Å². The molecule has 1 N–H and O–H groups in total. The summed E-state index contributed by atoms with van der Waals surface area (Å²) < 4.78 is 38.3. The van der Waals surface area contributed by atoms with Crippen LogP contribution in [0.5, 0.6) is 5.75 Å². The van der Waals surface area contributed by atoms with E-state index in [1.807, 2.05) is 0 Å². The Labute approximate surface area is 165 Å². The molecule has 9 heteroatoms. The summed E-state index contributed by atoms with van der Waals surface area (Å²) in [5, 5.41) is 3.20. The zero-order valence-electron chi connectivity index (χ0n) is 15.6. The molecule has 2 fully saturated rings. The molecule has 1 saturated carbocycles. The van der Waals surface area contributed by atoms with Gasteiger partial charge in [-0.2, -0.15) is 4.31 Å². The number of hydrogen-bond acceptors (Lipinski definition) is 5. The quantitative estimate of drug-likeness (QED) is 0.792. The van der Waals surface area contributed by atoms with E-state index in [0.717, 1.165) is 6.42 Å². The highest BCUT2D eigenvalue weighted by Crippen LogP contribution is 2.40. The maximum Gasteiger partial charge on any atom is 0.243 e. The Morgan fingerprint density at radius 3 is 2.44 bits per heavy atom. The maximum absolute atomic E-state index is 13.1. The number of hydrogen-bond donors (Lipinski definition) is 1. The normalized spacial score (nSPS) is 28.6. The van der Waals surface area contributed by atoms with Gasteiger partial charge in [-0.1, -0.05) is 11.6 Å². The highest BCUT2D eigenvalue weighted by Gasteiger charge is 2.46. The van der Waals surface area contributed by atoms with Crippen LogP contribution in [0, 0.1) is 11.8 Å². The predicted octanol–water partition coefficient (Wildman–Crippen LogP) is 1.90. The van der Waals surface area contributed by atoms with E-state index in [4.69, 9.17) is 21.1 Å². The maximum atomic E-state index is 13.1. The molecule has 1 aromatic carbocycles. The summed E-state index contributed by atoms with van der Waals surface area (Å²) in [5.41, 5.74) is 0. The van der Waals surface area contributed by atoms with Crippen LogP contribution in [0.4, 0.5) is 0 Å². The standard InChI is InChI=1S/C18H25ClN2O5S/c1-11(22)20-16-6-12-9-21(10-13(12)7-18(16)26-3)27(23,24)14-4-5-17(25-2)15(19)8-14/h4-5,8,12-13,16,18H,6-7,9-10H2,1-3H3,(H,20,22)/t12-,13+,16-,18-/m1/s1. The van der Waals surface area contributed by atoms with Crippen LogP contribution in [0.3, 0.4) is 0 Å². The van der Waals surface area contributed by atoms with Crippen LogP contribution in [0.2, 0.25) is 5.02 Å². The average Bonchev–Trinajstić information content (AvgIpc) is 3.04. The van der Waals surface area contributed by atoms with Gasteiger partial charge in [0.1, 0.15) is 5.75 Å². The molecular formula is C18H25ClN2O5S. The van der Waals surface area contributed by atoms with Crippen LogP contribution >= 0.6 is 11.6 Å². The predicted molar refractivity (Wildman–Crippen MR) is 101 cm³/mol. The SMILES string of the molecule is COc1ccc(S(=O)(=O)N2C[C@H]3C[C@@H](NC(C)=O)[C@H](OC)C[C@H]3C2)cc1Cl. The lowest BCUT2D eigenvalue weighted by Crippen LogP contribution is -2.49. The molecule has 0 unspecified atom stereocenters. The molecule has 7 nitrogen and oxygen atoms in total. The molecule has 27 heavy (non-hydrogen) atoms. The van der Waals surface area contributed by atoms with E-state index in [1.54, 1.807) is 13.2 Å². The van der Waals surface area contributed by atoms with Crippen molar-refractivity contribution in [3.63, 3.8) is 0 Å². The highest BCUT2D eigenvalue weighted by molar-refractivity contribution is 7.89. The number of carbonyl (C=O) groups is 1. The zero-order chi connectivity index (χ0) is 19.8. The van der Waals surface area contributed by atoms with E-state index in [9.17, 15) is 13.2 Å². The van der Waals surface area contributed by atoms with Gasteiger partial charge >= 0.3 is 0 Å². The summed E-state index contributed by atoms with van der Waals surface area (Å²) in [6.07, 6.45) is 1.33. The van der Waals surface area contributed by atoms with Crippen molar-refractivity contribution in [1.82, 2.24) is 9.62 Å². The third-order valence-corrected chi connectivity index (χ3v) is 7.66. The van der Waals surface area contributed by atoms with Gasteiger partial charge in [0.15, 0.2) is 0 Å². The van der Waals surface area contributed by atoms with E-state index in [2.05, 4.69) is 5.32 Å². The molecule has 0 spiro atoms. The van der Waals surface area contributed by atoms with E-state index < -0.39 is 10.0 Å². The number of ether oxygens (including phenoxy) is 2. The number of carbonyl (C=O) groups excluding carboxylic acids is 1. The zero-order valence-corrected chi connectivity index (χ0v) is 17.2. The van der Waals surface area contributed by atoms with Crippen LogP contribution in [0.25, 0.3) is 0 Å². The molecule has 1 heterocycles. The minimum absolute atomic E-state index is 0.0909. The topological polar surface area (TPSA) is 84.9 Å². The van der Waals surface area contributed by atoms with Crippen LogP contribution in [0.15, 0.2) is 23.1 Å². The molecule has 1 aromatic rings. The molecule has 0 radical (unpaired) electrons. The number of benzene rings is 1. The molecule has 1 saturated heterocycles. The number of methoxy groups -OCH3 is 2. The van der Waals surface area contributed by atoms with Gasteiger partial charge < -0.3 is 14.8 Å². The monoisotopic (exact) mass is 416 g/mol.